The van der Waals surface area contributed by atoms with E-state index in [0.29, 0.717) is 0 Å². The number of ether oxygens (including phenoxy) is 1. The highest BCUT2D eigenvalue weighted by atomic mass is 32.2. The summed E-state index contributed by atoms with van der Waals surface area (Å²) < 4.78 is 9.66. The van der Waals surface area contributed by atoms with Crippen molar-refractivity contribution in [2.24, 2.45) is 5.92 Å². The first-order valence-electron chi connectivity index (χ1n) is 10.4. The first-order chi connectivity index (χ1) is 13.3. The van der Waals surface area contributed by atoms with Crippen LogP contribution in [0, 0.1) is 5.92 Å². The van der Waals surface area contributed by atoms with E-state index in [1.165, 1.54) is 44.1 Å². The molecule has 2 N–H and O–H groups in total. The van der Waals surface area contributed by atoms with Crippen molar-refractivity contribution in [3.05, 3.63) is 29.8 Å². The van der Waals surface area contributed by atoms with Crippen molar-refractivity contribution in [2.45, 2.75) is 50.5 Å². The summed E-state index contributed by atoms with van der Waals surface area (Å²) in [5, 5.41) is 2.85. The molecule has 2 amide bonds. The van der Waals surface area contributed by atoms with E-state index in [4.69, 9.17) is 4.74 Å². The lowest BCUT2D eigenvalue weighted by atomic mass is 10.1. The zero-order valence-electron chi connectivity index (χ0n) is 16.0. The molecule has 1 saturated heterocycles. The van der Waals surface area contributed by atoms with Crippen LogP contribution in [0.15, 0.2) is 24.3 Å². The van der Waals surface area contributed by atoms with Crippen molar-refractivity contribution >= 4 is 18.0 Å². The molecule has 0 bridgehead atoms. The van der Waals surface area contributed by atoms with Crippen molar-refractivity contribution in [1.29, 1.82) is 0 Å². The molecular formula is C21H31N3O2S. The van der Waals surface area contributed by atoms with Gasteiger partial charge in [-0.1, -0.05) is 30.5 Å². The number of amides is 2. The highest BCUT2D eigenvalue weighted by Crippen LogP contribution is 2.47. The third-order valence-electron chi connectivity index (χ3n) is 5.71. The van der Waals surface area contributed by atoms with Crippen LogP contribution < -0.4 is 14.8 Å². The van der Waals surface area contributed by atoms with Gasteiger partial charge in [-0.05, 0) is 62.1 Å². The first-order valence-corrected chi connectivity index (χ1v) is 11.4. The number of nitrogens with one attached hydrogen (secondary N) is 2. The van der Waals surface area contributed by atoms with Crippen LogP contribution in [-0.2, 0) is 5.54 Å². The third-order valence-corrected chi connectivity index (χ3v) is 6.73. The van der Waals surface area contributed by atoms with Gasteiger partial charge in [0, 0.05) is 25.4 Å². The standard InChI is InChI=1S/C21H31N3O2S/c25-20-22-11-13-24(20)12-2-1-3-14-27-23-21(9-10-21)18-5-4-6-19(15-18)26-16-17-7-8-17/h4-6,15,17,23H,1-3,7-14,16H2,(H,22,25). The number of unbranched alkanes of at least 4 members (excludes halogenated alkanes) is 2. The zero-order valence-corrected chi connectivity index (χ0v) is 16.9. The molecular weight excluding hydrogens is 358 g/mol. The van der Waals surface area contributed by atoms with E-state index in [1.807, 2.05) is 16.8 Å². The molecule has 3 fully saturated rings. The van der Waals surface area contributed by atoms with Crippen LogP contribution in [0.1, 0.15) is 50.5 Å². The lowest BCUT2D eigenvalue weighted by Crippen LogP contribution is -2.28. The summed E-state index contributed by atoms with van der Waals surface area (Å²) in [6.45, 7) is 3.42. The van der Waals surface area contributed by atoms with Crippen LogP contribution in [0.5, 0.6) is 5.75 Å². The summed E-state index contributed by atoms with van der Waals surface area (Å²) in [4.78, 5) is 13.4. The lowest BCUT2D eigenvalue weighted by Gasteiger charge is -2.18. The summed E-state index contributed by atoms with van der Waals surface area (Å²) in [7, 11) is 0. The van der Waals surface area contributed by atoms with Crippen molar-refractivity contribution < 1.29 is 9.53 Å². The Labute approximate surface area is 166 Å². The highest BCUT2D eigenvalue weighted by Gasteiger charge is 2.44. The second-order valence-corrected chi connectivity index (χ2v) is 9.00. The van der Waals surface area contributed by atoms with Gasteiger partial charge in [0.1, 0.15) is 5.75 Å². The second kappa shape index (κ2) is 8.74. The SMILES string of the molecule is O=C1NCCN1CCCCCSNC1(c2cccc(OCC3CC3)c2)CC1. The Kier molecular flexibility index (Phi) is 6.13. The Morgan fingerprint density at radius 2 is 2.15 bits per heavy atom. The van der Waals surface area contributed by atoms with E-state index < -0.39 is 0 Å². The molecule has 0 unspecified atom stereocenters. The molecule has 3 aliphatic rings. The molecule has 5 nitrogen and oxygen atoms in total. The predicted octanol–water partition coefficient (Wildman–Crippen LogP) is 3.90. The third kappa shape index (κ3) is 5.32. The average molecular weight is 390 g/mol. The van der Waals surface area contributed by atoms with Crippen LogP contribution in [0.2, 0.25) is 0 Å². The molecule has 1 aromatic carbocycles. The van der Waals surface area contributed by atoms with Gasteiger partial charge >= 0.3 is 6.03 Å². The van der Waals surface area contributed by atoms with Crippen LogP contribution in [-0.4, -0.2) is 42.9 Å². The van der Waals surface area contributed by atoms with Gasteiger partial charge in [-0.15, -0.1) is 0 Å². The number of nitrogens with zero attached hydrogens (tertiary/aromatic N) is 1. The molecule has 2 aliphatic carbocycles. The van der Waals surface area contributed by atoms with E-state index in [2.05, 4.69) is 34.3 Å². The van der Waals surface area contributed by atoms with Gasteiger partial charge in [-0.25, -0.2) is 4.79 Å². The van der Waals surface area contributed by atoms with E-state index in [0.717, 1.165) is 50.1 Å². The molecule has 0 spiro atoms. The fraction of sp³-hybridized carbons (Fsp3) is 0.667. The highest BCUT2D eigenvalue weighted by molar-refractivity contribution is 7.97. The van der Waals surface area contributed by atoms with Crippen LogP contribution >= 0.6 is 11.9 Å². The molecule has 6 heteroatoms. The van der Waals surface area contributed by atoms with Crippen molar-refractivity contribution in [2.75, 3.05) is 32.0 Å². The smallest absolute Gasteiger partial charge is 0.317 e. The maximum absolute atomic E-state index is 11.5. The average Bonchev–Trinajstić information content (AvgIpc) is 3.60. The quantitative estimate of drug-likeness (QED) is 0.421. The Morgan fingerprint density at radius 1 is 1.26 bits per heavy atom. The molecule has 1 aromatic rings. The van der Waals surface area contributed by atoms with Gasteiger partial charge in [-0.2, -0.15) is 0 Å². The number of hydrogen-bond acceptors (Lipinski definition) is 4. The Bertz CT molecular complexity index is 646. The number of hydrogen-bond donors (Lipinski definition) is 2. The number of carbonyl (C=O) groups is 1. The zero-order chi connectivity index (χ0) is 18.5. The van der Waals surface area contributed by atoms with E-state index in [9.17, 15) is 4.79 Å². The summed E-state index contributed by atoms with van der Waals surface area (Å²) in [6, 6.07) is 8.76. The van der Waals surface area contributed by atoms with Gasteiger partial charge < -0.3 is 15.0 Å². The van der Waals surface area contributed by atoms with E-state index in [-0.39, 0.29) is 11.6 Å². The number of carbonyl (C=O) groups excluding carboxylic acids is 1. The molecule has 1 aliphatic heterocycles. The molecule has 4 rings (SSSR count). The van der Waals surface area contributed by atoms with Crippen molar-refractivity contribution in [3.8, 4) is 5.75 Å². The van der Waals surface area contributed by atoms with Crippen molar-refractivity contribution in [3.63, 3.8) is 0 Å². The Morgan fingerprint density at radius 3 is 2.89 bits per heavy atom. The Balaban J connectivity index is 1.13. The number of rotatable bonds is 12. The maximum Gasteiger partial charge on any atom is 0.317 e. The van der Waals surface area contributed by atoms with E-state index in [1.54, 1.807) is 0 Å². The van der Waals surface area contributed by atoms with Gasteiger partial charge in [0.2, 0.25) is 0 Å². The number of benzene rings is 1. The topological polar surface area (TPSA) is 53.6 Å². The first kappa shape index (κ1) is 18.9. The van der Waals surface area contributed by atoms with Gasteiger partial charge in [0.05, 0.1) is 12.1 Å². The van der Waals surface area contributed by atoms with Crippen LogP contribution in [0.25, 0.3) is 0 Å². The molecule has 148 valence electrons. The molecule has 2 saturated carbocycles. The number of urea groups is 1. The second-order valence-electron chi connectivity index (χ2n) is 8.09. The van der Waals surface area contributed by atoms with Gasteiger partial charge in [0.25, 0.3) is 0 Å². The summed E-state index contributed by atoms with van der Waals surface area (Å²) in [6.07, 6.45) is 8.52. The van der Waals surface area contributed by atoms with Crippen LogP contribution in [0.4, 0.5) is 4.79 Å². The fourth-order valence-electron chi connectivity index (χ4n) is 3.52. The molecule has 0 atom stereocenters. The normalized spacial score (nSPS) is 20.6. The van der Waals surface area contributed by atoms with Gasteiger partial charge in [0.15, 0.2) is 0 Å². The fourth-order valence-corrected chi connectivity index (χ4v) is 4.57. The maximum atomic E-state index is 11.5. The minimum Gasteiger partial charge on any atom is -0.493 e. The largest absolute Gasteiger partial charge is 0.493 e. The monoisotopic (exact) mass is 389 g/mol. The molecule has 1 heterocycles. The predicted molar refractivity (Wildman–Crippen MR) is 110 cm³/mol. The molecule has 0 aromatic heterocycles. The summed E-state index contributed by atoms with van der Waals surface area (Å²) >= 11 is 1.85. The summed E-state index contributed by atoms with van der Waals surface area (Å²) in [5.74, 6) is 2.92. The minimum atomic E-state index is 0.102. The Hall–Kier alpha value is -1.40. The summed E-state index contributed by atoms with van der Waals surface area (Å²) in [5.41, 5.74) is 1.51. The molecule has 0 radical (unpaired) electrons. The minimum absolute atomic E-state index is 0.102. The van der Waals surface area contributed by atoms with E-state index >= 15 is 0 Å². The van der Waals surface area contributed by atoms with Crippen LogP contribution in [0.3, 0.4) is 0 Å². The molecule has 27 heavy (non-hydrogen) atoms. The lowest BCUT2D eigenvalue weighted by molar-refractivity contribution is 0.216. The van der Waals surface area contributed by atoms with Crippen molar-refractivity contribution in [1.82, 2.24) is 14.9 Å². The van der Waals surface area contributed by atoms with Gasteiger partial charge in [-0.3, -0.25) is 4.72 Å².